The Morgan fingerprint density at radius 2 is 1.88 bits per heavy atom. The zero-order chi connectivity index (χ0) is 18.5. The first-order valence-electron chi connectivity index (χ1n) is 7.99. The summed E-state index contributed by atoms with van der Waals surface area (Å²) in [5.41, 5.74) is 3.47. The predicted octanol–water partition coefficient (Wildman–Crippen LogP) is 5.05. The maximum absolute atomic E-state index is 12.6. The van der Waals surface area contributed by atoms with Gasteiger partial charge in [-0.25, -0.2) is 0 Å². The van der Waals surface area contributed by atoms with Crippen LogP contribution in [0.2, 0.25) is 5.02 Å². The molecule has 26 heavy (non-hydrogen) atoms. The second-order valence-corrected chi connectivity index (χ2v) is 6.13. The average Bonchev–Trinajstić information content (AvgIpc) is 2.64. The lowest BCUT2D eigenvalue weighted by Gasteiger charge is -2.12. The van der Waals surface area contributed by atoms with Gasteiger partial charge in [0, 0.05) is 6.20 Å². The summed E-state index contributed by atoms with van der Waals surface area (Å²) in [5.74, 6) is 0.325. The van der Waals surface area contributed by atoms with E-state index in [1.807, 2.05) is 43.3 Å². The topological polar surface area (TPSA) is 63.2 Å². The van der Waals surface area contributed by atoms with E-state index in [1.165, 1.54) is 6.20 Å². The SMILES string of the molecule is COc1ccc(C)cc1NC(=O)c1cncc(Nc2ccccc2Cl)c1. The van der Waals surface area contributed by atoms with Crippen molar-refractivity contribution in [2.45, 2.75) is 6.92 Å². The van der Waals surface area contributed by atoms with E-state index in [0.29, 0.717) is 27.7 Å². The maximum Gasteiger partial charge on any atom is 0.257 e. The van der Waals surface area contributed by atoms with Crippen LogP contribution in [0.4, 0.5) is 17.1 Å². The normalized spacial score (nSPS) is 10.3. The number of hydrogen-bond acceptors (Lipinski definition) is 4. The van der Waals surface area contributed by atoms with Crippen LogP contribution in [0.5, 0.6) is 5.75 Å². The zero-order valence-electron chi connectivity index (χ0n) is 14.4. The second-order valence-electron chi connectivity index (χ2n) is 5.72. The van der Waals surface area contributed by atoms with Crippen LogP contribution in [0, 0.1) is 6.92 Å². The fourth-order valence-corrected chi connectivity index (χ4v) is 2.65. The Morgan fingerprint density at radius 1 is 1.08 bits per heavy atom. The molecule has 3 rings (SSSR count). The number of amides is 1. The highest BCUT2D eigenvalue weighted by atomic mass is 35.5. The summed E-state index contributed by atoms with van der Waals surface area (Å²) in [6.45, 7) is 1.95. The minimum atomic E-state index is -0.274. The monoisotopic (exact) mass is 367 g/mol. The molecule has 0 saturated carbocycles. The van der Waals surface area contributed by atoms with E-state index in [-0.39, 0.29) is 5.91 Å². The molecule has 0 saturated heterocycles. The standard InChI is InChI=1S/C20H18ClN3O2/c1-13-7-8-19(26-2)18(9-13)24-20(25)14-10-15(12-22-11-14)23-17-6-4-3-5-16(17)21/h3-12,23H,1-2H3,(H,24,25). The minimum absolute atomic E-state index is 0.274. The lowest BCUT2D eigenvalue weighted by molar-refractivity contribution is 0.102. The molecule has 0 aliphatic rings. The summed E-state index contributed by atoms with van der Waals surface area (Å²) in [5, 5.41) is 6.62. The van der Waals surface area contributed by atoms with Crippen molar-refractivity contribution in [2.24, 2.45) is 0 Å². The molecule has 132 valence electrons. The molecule has 3 aromatic rings. The fraction of sp³-hybridized carbons (Fsp3) is 0.100. The number of rotatable bonds is 5. The van der Waals surface area contributed by atoms with Gasteiger partial charge < -0.3 is 15.4 Å². The van der Waals surface area contributed by atoms with Crippen molar-refractivity contribution in [2.75, 3.05) is 17.7 Å². The number of nitrogens with one attached hydrogen (secondary N) is 2. The smallest absolute Gasteiger partial charge is 0.257 e. The molecule has 5 nitrogen and oxygen atoms in total. The second kappa shape index (κ2) is 7.89. The van der Waals surface area contributed by atoms with E-state index < -0.39 is 0 Å². The highest BCUT2D eigenvalue weighted by Crippen LogP contribution is 2.27. The van der Waals surface area contributed by atoms with Gasteiger partial charge in [-0.3, -0.25) is 9.78 Å². The van der Waals surface area contributed by atoms with Crippen LogP contribution in [-0.4, -0.2) is 18.0 Å². The number of pyridine rings is 1. The van der Waals surface area contributed by atoms with Crippen LogP contribution in [0.3, 0.4) is 0 Å². The summed E-state index contributed by atoms with van der Waals surface area (Å²) in [4.78, 5) is 16.7. The summed E-state index contributed by atoms with van der Waals surface area (Å²) in [6, 6.07) is 14.7. The highest BCUT2D eigenvalue weighted by molar-refractivity contribution is 6.33. The fourth-order valence-electron chi connectivity index (χ4n) is 2.46. The van der Waals surface area contributed by atoms with Crippen molar-refractivity contribution in [1.29, 1.82) is 0 Å². The molecular formula is C20H18ClN3O2. The molecule has 0 aliphatic carbocycles. The van der Waals surface area contributed by atoms with Crippen LogP contribution in [0.15, 0.2) is 60.9 Å². The third kappa shape index (κ3) is 4.13. The van der Waals surface area contributed by atoms with E-state index in [2.05, 4.69) is 15.6 Å². The molecular weight excluding hydrogens is 350 g/mol. The van der Waals surface area contributed by atoms with E-state index in [0.717, 1.165) is 11.3 Å². The molecule has 1 aromatic heterocycles. The maximum atomic E-state index is 12.6. The summed E-state index contributed by atoms with van der Waals surface area (Å²) < 4.78 is 5.30. The van der Waals surface area contributed by atoms with Crippen LogP contribution in [0.25, 0.3) is 0 Å². The number of carbonyl (C=O) groups excluding carboxylic acids is 1. The van der Waals surface area contributed by atoms with Gasteiger partial charge in [-0.05, 0) is 42.8 Å². The number of hydrogen-bond donors (Lipinski definition) is 2. The zero-order valence-corrected chi connectivity index (χ0v) is 15.2. The number of aromatic nitrogens is 1. The third-order valence-corrected chi connectivity index (χ3v) is 4.09. The number of nitrogens with zero attached hydrogens (tertiary/aromatic N) is 1. The van der Waals surface area contributed by atoms with Crippen molar-refractivity contribution in [3.05, 3.63) is 77.1 Å². The first-order chi connectivity index (χ1) is 12.6. The average molecular weight is 368 g/mol. The van der Waals surface area contributed by atoms with E-state index in [4.69, 9.17) is 16.3 Å². The summed E-state index contributed by atoms with van der Waals surface area (Å²) in [7, 11) is 1.57. The Balaban J connectivity index is 1.81. The minimum Gasteiger partial charge on any atom is -0.495 e. The number of para-hydroxylation sites is 1. The predicted molar refractivity (Wildman–Crippen MR) is 105 cm³/mol. The van der Waals surface area contributed by atoms with Crippen molar-refractivity contribution in [1.82, 2.24) is 4.98 Å². The Labute approximate surface area is 157 Å². The van der Waals surface area contributed by atoms with Crippen LogP contribution in [-0.2, 0) is 0 Å². The molecule has 2 aromatic carbocycles. The van der Waals surface area contributed by atoms with Gasteiger partial charge in [0.05, 0.1) is 41.0 Å². The van der Waals surface area contributed by atoms with Gasteiger partial charge in [0.1, 0.15) is 5.75 Å². The quantitative estimate of drug-likeness (QED) is 0.662. The number of carbonyl (C=O) groups is 1. The van der Waals surface area contributed by atoms with Crippen LogP contribution >= 0.6 is 11.6 Å². The number of anilines is 3. The van der Waals surface area contributed by atoms with Crippen molar-refractivity contribution < 1.29 is 9.53 Å². The lowest BCUT2D eigenvalue weighted by Crippen LogP contribution is -2.13. The van der Waals surface area contributed by atoms with Crippen LogP contribution < -0.4 is 15.4 Å². The van der Waals surface area contributed by atoms with Gasteiger partial charge in [-0.1, -0.05) is 29.8 Å². The Kier molecular flexibility index (Phi) is 5.39. The highest BCUT2D eigenvalue weighted by Gasteiger charge is 2.11. The molecule has 0 bridgehead atoms. The third-order valence-electron chi connectivity index (χ3n) is 3.76. The number of aryl methyl sites for hydroxylation is 1. The first-order valence-corrected chi connectivity index (χ1v) is 8.37. The van der Waals surface area contributed by atoms with E-state index >= 15 is 0 Å². The molecule has 0 fully saturated rings. The molecule has 1 heterocycles. The van der Waals surface area contributed by atoms with E-state index in [1.54, 1.807) is 25.4 Å². The van der Waals surface area contributed by atoms with Crippen molar-refractivity contribution in [3.63, 3.8) is 0 Å². The van der Waals surface area contributed by atoms with Gasteiger partial charge in [-0.2, -0.15) is 0 Å². The molecule has 0 aliphatic heterocycles. The summed E-state index contributed by atoms with van der Waals surface area (Å²) in [6.07, 6.45) is 3.14. The van der Waals surface area contributed by atoms with Gasteiger partial charge >= 0.3 is 0 Å². The largest absolute Gasteiger partial charge is 0.495 e. The van der Waals surface area contributed by atoms with Gasteiger partial charge in [0.25, 0.3) is 5.91 Å². The Bertz CT molecular complexity index is 944. The van der Waals surface area contributed by atoms with Gasteiger partial charge in [0.2, 0.25) is 0 Å². The lowest BCUT2D eigenvalue weighted by atomic mass is 10.2. The van der Waals surface area contributed by atoms with Crippen molar-refractivity contribution in [3.8, 4) is 5.75 Å². The van der Waals surface area contributed by atoms with E-state index in [9.17, 15) is 4.79 Å². The first kappa shape index (κ1) is 17.8. The molecule has 6 heteroatoms. The Morgan fingerprint density at radius 3 is 2.65 bits per heavy atom. The number of ether oxygens (including phenoxy) is 1. The summed E-state index contributed by atoms with van der Waals surface area (Å²) >= 11 is 6.16. The molecule has 0 unspecified atom stereocenters. The van der Waals surface area contributed by atoms with Gasteiger partial charge in [0.15, 0.2) is 0 Å². The molecule has 2 N–H and O–H groups in total. The number of methoxy groups -OCH3 is 1. The molecule has 0 spiro atoms. The molecule has 0 atom stereocenters. The number of benzene rings is 2. The van der Waals surface area contributed by atoms with Crippen LogP contribution in [0.1, 0.15) is 15.9 Å². The van der Waals surface area contributed by atoms with Crippen molar-refractivity contribution >= 4 is 34.6 Å². The number of halogens is 1. The Hall–Kier alpha value is -3.05. The van der Waals surface area contributed by atoms with Gasteiger partial charge in [-0.15, -0.1) is 0 Å². The molecule has 1 amide bonds. The molecule has 0 radical (unpaired) electrons.